The molecule has 6 rings (SSSR count). The number of likely N-dealkylation sites (tertiary alicyclic amines) is 1. The first-order valence-corrected chi connectivity index (χ1v) is 20.8. The first-order chi connectivity index (χ1) is 25.7. The van der Waals surface area contributed by atoms with E-state index in [0.29, 0.717) is 17.0 Å². The molecule has 1 unspecified atom stereocenters. The molecular weight excluding hydrogens is 736 g/mol. The molecule has 1 fully saturated rings. The SMILES string of the molecule is CCOC(=O)c1cc(-c2ccc(C3CCN(CCCCc4cn(CCCCCC[AsH2])nn4)CC3)cc2)c2ccc(-c3ccc(C(F)(F)F)cc3)cc2c1. The molecular formula is C43H50AsF3N4O2. The maximum absolute atomic E-state index is 13.2. The summed E-state index contributed by atoms with van der Waals surface area (Å²) >= 11 is 1.82. The third-order valence-electron chi connectivity index (χ3n) is 10.4. The number of carbonyl (C=O) groups excluding carboxylic acids is 1. The summed E-state index contributed by atoms with van der Waals surface area (Å²) in [5, 5.41) is 11.8. The van der Waals surface area contributed by atoms with Crippen molar-refractivity contribution in [3.8, 4) is 22.3 Å². The van der Waals surface area contributed by atoms with Crippen molar-refractivity contribution in [1.29, 1.82) is 0 Å². The van der Waals surface area contributed by atoms with Gasteiger partial charge in [-0.15, -0.1) is 0 Å². The van der Waals surface area contributed by atoms with E-state index in [1.807, 2.05) is 45.8 Å². The Labute approximate surface area is 319 Å². The maximum atomic E-state index is 13.2. The van der Waals surface area contributed by atoms with Crippen LogP contribution in [0.25, 0.3) is 33.0 Å². The molecule has 2 heterocycles. The molecule has 1 aromatic heterocycles. The van der Waals surface area contributed by atoms with Gasteiger partial charge in [-0.3, -0.25) is 0 Å². The molecule has 4 aromatic carbocycles. The number of aryl methyl sites for hydroxylation is 2. The Bertz CT molecular complexity index is 1930. The van der Waals surface area contributed by atoms with E-state index >= 15 is 0 Å². The topological polar surface area (TPSA) is 60.2 Å². The van der Waals surface area contributed by atoms with Crippen LogP contribution in [0.2, 0.25) is 5.21 Å². The van der Waals surface area contributed by atoms with Crippen LogP contribution in [0.1, 0.15) is 91.4 Å². The molecule has 280 valence electrons. The summed E-state index contributed by atoms with van der Waals surface area (Å²) in [6.07, 6.45) is 8.37. The van der Waals surface area contributed by atoms with E-state index in [9.17, 15) is 18.0 Å². The number of halogens is 3. The molecule has 10 heteroatoms. The van der Waals surface area contributed by atoms with Gasteiger partial charge in [-0.1, -0.05) is 48.5 Å². The Kier molecular flexibility index (Phi) is 13.5. The molecule has 0 aliphatic carbocycles. The number of rotatable bonds is 16. The minimum atomic E-state index is -4.39. The number of carbonyl (C=O) groups is 1. The Hall–Kier alpha value is -3.94. The molecule has 1 aliphatic heterocycles. The van der Waals surface area contributed by atoms with Crippen molar-refractivity contribution in [2.75, 3.05) is 26.2 Å². The summed E-state index contributed by atoms with van der Waals surface area (Å²) in [5.74, 6) is 0.0997. The predicted molar refractivity (Wildman–Crippen MR) is 209 cm³/mol. The number of alkyl halides is 3. The normalized spacial score (nSPS) is 14.2. The van der Waals surface area contributed by atoms with E-state index in [-0.39, 0.29) is 6.61 Å². The first kappa shape index (κ1) is 38.8. The molecule has 0 N–H and O–H groups in total. The van der Waals surface area contributed by atoms with Crippen molar-refractivity contribution in [1.82, 2.24) is 19.9 Å². The Morgan fingerprint density at radius 1 is 0.830 bits per heavy atom. The van der Waals surface area contributed by atoms with Gasteiger partial charge in [0.15, 0.2) is 0 Å². The summed E-state index contributed by atoms with van der Waals surface area (Å²) < 4.78 is 46.8. The van der Waals surface area contributed by atoms with Crippen molar-refractivity contribution in [3.05, 3.63) is 107 Å². The van der Waals surface area contributed by atoms with Gasteiger partial charge < -0.3 is 9.64 Å². The molecule has 1 aliphatic rings. The van der Waals surface area contributed by atoms with E-state index in [4.69, 9.17) is 4.74 Å². The smallest absolute Gasteiger partial charge is 0.166 e. The van der Waals surface area contributed by atoms with Crippen LogP contribution in [0.4, 0.5) is 13.2 Å². The molecule has 5 aromatic rings. The van der Waals surface area contributed by atoms with Crippen molar-refractivity contribution in [3.63, 3.8) is 0 Å². The Morgan fingerprint density at radius 3 is 2.25 bits per heavy atom. The van der Waals surface area contributed by atoms with Gasteiger partial charge in [-0.25, -0.2) is 4.79 Å². The number of hydrogen-bond donors (Lipinski definition) is 0. The number of fused-ring (bicyclic) bond motifs is 1. The number of ether oxygens (including phenoxy) is 1. The second kappa shape index (κ2) is 18.4. The Balaban J connectivity index is 1.05. The number of unbranched alkanes of at least 4 members (excludes halogenated alkanes) is 4. The van der Waals surface area contributed by atoms with Gasteiger partial charge in [-0.2, -0.15) is 13.2 Å². The quantitative estimate of drug-likeness (QED) is 0.0567. The summed E-state index contributed by atoms with van der Waals surface area (Å²) in [7, 11) is 0. The average molecular weight is 787 g/mol. The monoisotopic (exact) mass is 786 g/mol. The number of benzene rings is 4. The maximum Gasteiger partial charge on any atom is 0.416 e. The van der Waals surface area contributed by atoms with E-state index in [2.05, 4.69) is 45.7 Å². The molecule has 53 heavy (non-hydrogen) atoms. The van der Waals surface area contributed by atoms with Gasteiger partial charge >= 0.3 is 113 Å². The minimum Gasteiger partial charge on any atom is -0.166 e. The number of piperidine rings is 1. The fourth-order valence-electron chi connectivity index (χ4n) is 7.37. The van der Waals surface area contributed by atoms with Gasteiger partial charge in [0.25, 0.3) is 0 Å². The van der Waals surface area contributed by atoms with Crippen molar-refractivity contribution in [2.45, 2.75) is 88.6 Å². The van der Waals surface area contributed by atoms with Crippen molar-refractivity contribution in [2.24, 2.45) is 0 Å². The molecule has 6 nitrogen and oxygen atoms in total. The number of aromatic nitrogens is 3. The molecule has 0 saturated carbocycles. The second-order valence-electron chi connectivity index (χ2n) is 14.1. The molecule has 1 saturated heterocycles. The zero-order valence-electron chi connectivity index (χ0n) is 30.6. The third-order valence-corrected chi connectivity index (χ3v) is 11.2. The van der Waals surface area contributed by atoms with Crippen LogP contribution in [-0.4, -0.2) is 69.0 Å². The summed E-state index contributed by atoms with van der Waals surface area (Å²) in [6.45, 7) is 6.30. The van der Waals surface area contributed by atoms with E-state index in [1.54, 1.807) is 13.0 Å². The van der Waals surface area contributed by atoms with Crippen LogP contribution in [0, 0.1) is 0 Å². The molecule has 0 amide bonds. The van der Waals surface area contributed by atoms with Crippen LogP contribution in [0.3, 0.4) is 0 Å². The summed E-state index contributed by atoms with van der Waals surface area (Å²) in [5.41, 5.74) is 5.54. The Morgan fingerprint density at radius 2 is 1.53 bits per heavy atom. The van der Waals surface area contributed by atoms with Gasteiger partial charge in [0.2, 0.25) is 0 Å². The zero-order chi connectivity index (χ0) is 37.2. The van der Waals surface area contributed by atoms with Gasteiger partial charge in [0.05, 0.1) is 17.7 Å². The second-order valence-corrected chi connectivity index (χ2v) is 15.3. The standard InChI is InChI=1S/C43H50AsF3N4O2/c1-2-53-42(52)37-28-36-27-35(32-14-17-38(18-15-32)43(45,46)47)16-19-40(36)41(29-37)34-12-10-31(11-13-34)33-20-25-50(26-21-33)23-8-5-9-39-30-51(49-48-39)24-7-4-3-6-22-44/h10-19,27-30,33H,2-9,20-26,44H2,1H3. The van der Waals surface area contributed by atoms with Gasteiger partial charge in [0.1, 0.15) is 0 Å². The average Bonchev–Trinajstić information content (AvgIpc) is 3.63. The van der Waals surface area contributed by atoms with Crippen molar-refractivity contribution < 1.29 is 22.7 Å². The molecule has 0 bridgehead atoms. The number of hydrogen-bond acceptors (Lipinski definition) is 5. The van der Waals surface area contributed by atoms with E-state index in [0.717, 1.165) is 104 Å². The minimum absolute atomic E-state index is 0.259. The summed E-state index contributed by atoms with van der Waals surface area (Å²) in [6, 6.07) is 23.4. The predicted octanol–water partition coefficient (Wildman–Crippen LogP) is 9.77. The van der Waals surface area contributed by atoms with Crippen LogP contribution in [0.15, 0.2) is 85.1 Å². The van der Waals surface area contributed by atoms with E-state index < -0.39 is 17.7 Å². The van der Waals surface area contributed by atoms with Crippen LogP contribution < -0.4 is 0 Å². The first-order valence-electron chi connectivity index (χ1n) is 19.1. The molecule has 0 radical (unpaired) electrons. The number of nitrogens with zero attached hydrogens (tertiary/aromatic N) is 4. The molecule has 1 atom stereocenters. The zero-order valence-corrected chi connectivity index (χ0v) is 33.0. The summed E-state index contributed by atoms with van der Waals surface area (Å²) in [4.78, 5) is 15.5. The largest absolute Gasteiger partial charge is 0.416 e. The molecule has 0 spiro atoms. The number of esters is 1. The fourth-order valence-corrected chi connectivity index (χ4v) is 7.98. The third kappa shape index (κ3) is 10.4. The van der Waals surface area contributed by atoms with Crippen LogP contribution in [-0.2, 0) is 23.9 Å². The van der Waals surface area contributed by atoms with Crippen LogP contribution in [0.5, 0.6) is 0 Å². The fraction of sp³-hybridized carbons (Fsp3) is 0.419. The van der Waals surface area contributed by atoms with Crippen LogP contribution >= 0.6 is 0 Å². The van der Waals surface area contributed by atoms with E-state index in [1.165, 1.54) is 48.6 Å². The van der Waals surface area contributed by atoms with Gasteiger partial charge in [0, 0.05) is 0 Å². The van der Waals surface area contributed by atoms with Crippen molar-refractivity contribution >= 4 is 33.6 Å². The van der Waals surface area contributed by atoms with Gasteiger partial charge in [-0.05, 0) is 114 Å².